The number of hydrogen-bond donors (Lipinski definition) is 0. The molecule has 0 atom stereocenters. The second-order valence-electron chi connectivity index (χ2n) is 25.1. The summed E-state index contributed by atoms with van der Waals surface area (Å²) < 4.78 is 73.5. The molecule has 3 heterocycles. The highest BCUT2D eigenvalue weighted by Crippen LogP contribution is 2.54. The Morgan fingerprint density at radius 3 is 1.12 bits per heavy atom. The molecule has 14 aromatic rings. The third-order valence-corrected chi connectivity index (χ3v) is 19.0. The summed E-state index contributed by atoms with van der Waals surface area (Å²) in [7, 11) is -0.525. The fourth-order valence-electron chi connectivity index (χ4n) is 13.1. The fourth-order valence-corrected chi connectivity index (χ4v) is 13.3. The normalized spacial score (nSPS) is 14.7. The number of halogens is 5. The SMILES string of the molecule is CC1(C)OB(c2cc(-c3ccccc3)nc(-c3ccccc3)n2)OC1(C)C.FC1(F)c2ccccc2-c2ccc(-c3ccc(-c4cc(-c5ccccc5)nc(-c5ccccc5)n4)c4ccccc34)cc21.FC1(F)c2ccccc2-c2ccc(-c3ccc(Cl)c4ccccc34)cc21. The Hall–Kier alpha value is -10.7. The van der Waals surface area contributed by atoms with Crippen LogP contribution >= 0.6 is 11.6 Å². The van der Waals surface area contributed by atoms with Crippen LogP contribution in [-0.2, 0) is 21.2 Å². The van der Waals surface area contributed by atoms with Crippen LogP contribution in [0, 0.1) is 0 Å². The molecule has 0 unspecified atom stereocenters. The van der Waals surface area contributed by atoms with Crippen LogP contribution < -0.4 is 5.59 Å². The number of rotatable bonds is 8. The zero-order valence-corrected chi connectivity index (χ0v) is 53.5. The van der Waals surface area contributed by atoms with Gasteiger partial charge in [-0.1, -0.05) is 272 Å². The molecule has 17 rings (SSSR count). The van der Waals surface area contributed by atoms with Crippen molar-refractivity contribution in [3.05, 3.63) is 318 Å². The van der Waals surface area contributed by atoms with Gasteiger partial charge >= 0.3 is 7.12 Å². The van der Waals surface area contributed by atoms with Gasteiger partial charge in [0.2, 0.25) is 0 Å². The summed E-state index contributed by atoms with van der Waals surface area (Å²) >= 11 is 6.30. The third-order valence-electron chi connectivity index (χ3n) is 18.7. The molecule has 12 heteroatoms. The summed E-state index contributed by atoms with van der Waals surface area (Å²) in [6.45, 7) is 8.18. The maximum atomic E-state index is 15.6. The molecule has 466 valence electrons. The summed E-state index contributed by atoms with van der Waals surface area (Å²) in [6, 6.07) is 92.0. The largest absolute Gasteiger partial charge is 0.514 e. The molecule has 0 bridgehead atoms. The standard InChI is InChI=1S/C39H24F2N2.C23H13ClF2.C22H23BN2O2/c40-39(41)34-18-10-9-17-31(34)32-20-19-27(23-35(32)39)28-21-22-33(30-16-8-7-15-29(28)30)37-24-36(25-11-3-1-4-12-25)42-38(43-37)26-13-5-2-6-14-26;24-22-12-11-15(16-5-1-2-7-19(16)22)14-9-10-18-17-6-3-4-8-20(17)23(25,26)21(18)13-14;1-21(2)22(3,4)27-23(26-21)19-15-18(16-11-7-5-8-12-16)24-20(25-19)17-13-9-6-10-14-17/h1-24H;1-13H;5-15H,1-4H3. The van der Waals surface area contributed by atoms with E-state index in [1.54, 1.807) is 48.5 Å². The summed E-state index contributed by atoms with van der Waals surface area (Å²) in [5.74, 6) is -4.71. The maximum Gasteiger partial charge on any atom is 0.514 e. The van der Waals surface area contributed by atoms with Gasteiger partial charge in [0.25, 0.3) is 11.8 Å². The van der Waals surface area contributed by atoms with Crippen LogP contribution in [0.15, 0.2) is 291 Å². The molecule has 1 saturated heterocycles. The van der Waals surface area contributed by atoms with Crippen molar-refractivity contribution in [2.45, 2.75) is 50.7 Å². The molecular weight excluding hydrogens is 1220 g/mol. The average Bonchev–Trinajstić information content (AvgIpc) is 1.56. The fraction of sp³-hybridized carbons (Fsp3) is 0.0952. The van der Waals surface area contributed by atoms with Gasteiger partial charge in [0.05, 0.1) is 33.9 Å². The zero-order valence-electron chi connectivity index (χ0n) is 52.8. The predicted octanol–water partition coefficient (Wildman–Crippen LogP) is 21.8. The molecule has 2 aromatic heterocycles. The van der Waals surface area contributed by atoms with Gasteiger partial charge in [-0.2, -0.15) is 17.6 Å². The number of nitrogens with zero attached hydrogens (tertiary/aromatic N) is 4. The van der Waals surface area contributed by atoms with Crippen molar-refractivity contribution in [1.29, 1.82) is 0 Å². The second kappa shape index (κ2) is 24.6. The number of benzene rings is 12. The number of hydrogen-bond acceptors (Lipinski definition) is 6. The lowest BCUT2D eigenvalue weighted by Crippen LogP contribution is -2.41. The van der Waals surface area contributed by atoms with Crippen molar-refractivity contribution < 1.29 is 26.9 Å². The Morgan fingerprint density at radius 1 is 0.292 bits per heavy atom. The van der Waals surface area contributed by atoms with Crippen molar-refractivity contribution in [1.82, 2.24) is 19.9 Å². The Morgan fingerprint density at radius 2 is 0.635 bits per heavy atom. The van der Waals surface area contributed by atoms with Gasteiger partial charge in [0.1, 0.15) is 0 Å². The molecule has 6 nitrogen and oxygen atoms in total. The van der Waals surface area contributed by atoms with Crippen LogP contribution in [-0.4, -0.2) is 38.3 Å². The van der Waals surface area contributed by atoms with Crippen LogP contribution in [0.4, 0.5) is 17.6 Å². The van der Waals surface area contributed by atoms with Crippen molar-refractivity contribution in [2.75, 3.05) is 0 Å². The molecule has 0 amide bonds. The molecule has 12 aromatic carbocycles. The van der Waals surface area contributed by atoms with Crippen molar-refractivity contribution in [3.8, 4) is 101 Å². The smallest absolute Gasteiger partial charge is 0.398 e. The highest BCUT2D eigenvalue weighted by atomic mass is 35.5. The lowest BCUT2D eigenvalue weighted by atomic mass is 9.83. The zero-order chi connectivity index (χ0) is 65.9. The molecule has 2 aliphatic carbocycles. The van der Waals surface area contributed by atoms with Crippen molar-refractivity contribution in [2.24, 2.45) is 0 Å². The summed E-state index contributed by atoms with van der Waals surface area (Å²) in [5.41, 5.74) is 13.3. The molecule has 0 N–H and O–H groups in total. The van der Waals surface area contributed by atoms with E-state index in [2.05, 4.69) is 6.07 Å². The average molecular weight is 1280 g/mol. The summed E-state index contributed by atoms with van der Waals surface area (Å²) in [5, 5.41) is 4.50. The van der Waals surface area contributed by atoms with E-state index in [-0.39, 0.29) is 22.3 Å². The molecule has 0 saturated carbocycles. The van der Waals surface area contributed by atoms with E-state index in [1.165, 1.54) is 12.1 Å². The van der Waals surface area contributed by atoms with Crippen LogP contribution in [0.3, 0.4) is 0 Å². The first kappa shape index (κ1) is 61.5. The van der Waals surface area contributed by atoms with E-state index < -0.39 is 30.2 Å². The number of fused-ring (bicyclic) bond motifs is 8. The van der Waals surface area contributed by atoms with Crippen LogP contribution in [0.25, 0.3) is 123 Å². The van der Waals surface area contributed by atoms with Gasteiger partial charge in [-0.15, -0.1) is 0 Å². The van der Waals surface area contributed by atoms with Crippen LogP contribution in [0.1, 0.15) is 49.9 Å². The minimum absolute atomic E-state index is 0.0511. The summed E-state index contributed by atoms with van der Waals surface area (Å²) in [4.78, 5) is 19.5. The molecular formula is C84H60BClF4N4O2. The lowest BCUT2D eigenvalue weighted by Gasteiger charge is -2.32. The van der Waals surface area contributed by atoms with Crippen molar-refractivity contribution >= 4 is 45.9 Å². The van der Waals surface area contributed by atoms with E-state index in [0.29, 0.717) is 38.9 Å². The lowest BCUT2D eigenvalue weighted by molar-refractivity contribution is 0.00578. The first-order valence-corrected chi connectivity index (χ1v) is 32.2. The molecule has 0 radical (unpaired) electrons. The van der Waals surface area contributed by atoms with Gasteiger partial charge in [-0.3, -0.25) is 0 Å². The molecule has 96 heavy (non-hydrogen) atoms. The number of alkyl halides is 4. The molecule has 0 spiro atoms. The van der Waals surface area contributed by atoms with E-state index in [1.807, 2.05) is 252 Å². The minimum atomic E-state index is -3.04. The Bertz CT molecular complexity index is 5160. The Labute approximate surface area is 559 Å². The van der Waals surface area contributed by atoms with Crippen LogP contribution in [0.2, 0.25) is 5.02 Å². The van der Waals surface area contributed by atoms with E-state index >= 15 is 8.78 Å². The Balaban J connectivity index is 0.000000124. The van der Waals surface area contributed by atoms with Gasteiger partial charge in [0, 0.05) is 60.5 Å². The first-order valence-electron chi connectivity index (χ1n) is 31.8. The third kappa shape index (κ3) is 11.2. The van der Waals surface area contributed by atoms with Crippen molar-refractivity contribution in [3.63, 3.8) is 0 Å². The van der Waals surface area contributed by atoms with Crippen LogP contribution in [0.5, 0.6) is 0 Å². The predicted molar refractivity (Wildman–Crippen MR) is 381 cm³/mol. The highest BCUT2D eigenvalue weighted by molar-refractivity contribution is 6.61. The van der Waals surface area contributed by atoms with E-state index in [9.17, 15) is 8.78 Å². The minimum Gasteiger partial charge on any atom is -0.398 e. The van der Waals surface area contributed by atoms with E-state index in [4.69, 9.17) is 40.8 Å². The van der Waals surface area contributed by atoms with Gasteiger partial charge in [0.15, 0.2) is 11.6 Å². The van der Waals surface area contributed by atoms with Gasteiger partial charge in [-0.25, -0.2) is 19.9 Å². The highest BCUT2D eigenvalue weighted by Gasteiger charge is 2.53. The monoisotopic (exact) mass is 1280 g/mol. The quantitative estimate of drug-likeness (QED) is 0.112. The maximum absolute atomic E-state index is 15.6. The molecule has 1 aliphatic heterocycles. The van der Waals surface area contributed by atoms with E-state index in [0.717, 1.165) is 94.3 Å². The van der Waals surface area contributed by atoms with Gasteiger partial charge < -0.3 is 9.31 Å². The molecule has 1 fully saturated rings. The number of aromatic nitrogens is 4. The topological polar surface area (TPSA) is 70.0 Å². The first-order chi connectivity index (χ1) is 46.5. The van der Waals surface area contributed by atoms with Gasteiger partial charge in [-0.05, 0) is 119 Å². The Kier molecular flexibility index (Phi) is 15.7. The summed E-state index contributed by atoms with van der Waals surface area (Å²) in [6.07, 6.45) is 0. The second-order valence-corrected chi connectivity index (χ2v) is 25.5. The molecule has 3 aliphatic rings.